The van der Waals surface area contributed by atoms with Gasteiger partial charge in [-0.2, -0.15) is 5.26 Å². The molecule has 0 saturated heterocycles. The zero-order valence-corrected chi connectivity index (χ0v) is 12.8. The maximum atomic E-state index is 11.7. The fraction of sp³-hybridized carbons (Fsp3) is 0.429. The number of carbonyl (C=O) groups is 1. The van der Waals surface area contributed by atoms with E-state index in [-0.39, 0.29) is 5.97 Å². The number of nitriles is 1. The smallest absolute Gasteiger partial charge is 0.328 e. The molecule has 0 aliphatic carbocycles. The van der Waals surface area contributed by atoms with Crippen molar-refractivity contribution in [3.63, 3.8) is 0 Å². The second-order valence-corrected chi connectivity index (χ2v) is 5.57. The van der Waals surface area contributed by atoms with Crippen molar-refractivity contribution < 1.29 is 9.53 Å². The number of carbonyl (C=O) groups excluding carboxylic acids is 1. The third-order valence-electron chi connectivity index (χ3n) is 2.62. The van der Waals surface area contributed by atoms with E-state index in [2.05, 4.69) is 27.3 Å². The summed E-state index contributed by atoms with van der Waals surface area (Å²) in [5.74, 6) is 0.0260. The molecule has 0 bridgehead atoms. The molecule has 0 heterocycles. The molecule has 1 aromatic rings. The van der Waals surface area contributed by atoms with E-state index < -0.39 is 6.04 Å². The van der Waals surface area contributed by atoms with Crippen molar-refractivity contribution in [2.24, 2.45) is 5.92 Å². The van der Waals surface area contributed by atoms with Gasteiger partial charge in [0.05, 0.1) is 18.4 Å². The van der Waals surface area contributed by atoms with Gasteiger partial charge in [0.25, 0.3) is 0 Å². The lowest BCUT2D eigenvalue weighted by molar-refractivity contribution is -0.141. The Hall–Kier alpha value is -1.54. The summed E-state index contributed by atoms with van der Waals surface area (Å²) in [5.41, 5.74) is 1.13. The Bertz CT molecular complexity index is 495. The first-order valence-corrected chi connectivity index (χ1v) is 6.81. The molecule has 1 rings (SSSR count). The second-order valence-electron chi connectivity index (χ2n) is 4.65. The van der Waals surface area contributed by atoms with Gasteiger partial charge in [-0.1, -0.05) is 29.8 Å². The Balaban J connectivity index is 2.96. The number of nitrogens with one attached hydrogen (secondary N) is 1. The van der Waals surface area contributed by atoms with E-state index in [0.717, 1.165) is 4.47 Å². The van der Waals surface area contributed by atoms with Crippen LogP contribution in [0.1, 0.15) is 25.8 Å². The number of halogens is 1. The van der Waals surface area contributed by atoms with Gasteiger partial charge in [0.2, 0.25) is 0 Å². The van der Waals surface area contributed by atoms with Crippen LogP contribution in [0.4, 0.5) is 5.69 Å². The van der Waals surface area contributed by atoms with Gasteiger partial charge < -0.3 is 10.1 Å². The minimum absolute atomic E-state index is 0.319. The fourth-order valence-electron chi connectivity index (χ4n) is 1.75. The van der Waals surface area contributed by atoms with Crippen LogP contribution in [0.3, 0.4) is 0 Å². The van der Waals surface area contributed by atoms with Gasteiger partial charge >= 0.3 is 5.97 Å². The van der Waals surface area contributed by atoms with Gasteiger partial charge in [-0.05, 0) is 30.5 Å². The molecule has 1 atom stereocenters. The van der Waals surface area contributed by atoms with E-state index in [1.54, 1.807) is 12.1 Å². The van der Waals surface area contributed by atoms with Crippen LogP contribution in [0.15, 0.2) is 22.7 Å². The molecule has 0 saturated carbocycles. The molecule has 102 valence electrons. The van der Waals surface area contributed by atoms with Crippen LogP contribution >= 0.6 is 15.9 Å². The number of rotatable bonds is 5. The highest BCUT2D eigenvalue weighted by atomic mass is 79.9. The summed E-state index contributed by atoms with van der Waals surface area (Å²) in [5, 5.41) is 12.2. The van der Waals surface area contributed by atoms with Crippen molar-refractivity contribution in [2.45, 2.75) is 26.3 Å². The summed E-state index contributed by atoms with van der Waals surface area (Å²) < 4.78 is 5.62. The lowest BCUT2D eigenvalue weighted by atomic mass is 10.0. The molecular weight excluding hydrogens is 308 g/mol. The Morgan fingerprint density at radius 3 is 2.74 bits per heavy atom. The van der Waals surface area contributed by atoms with E-state index in [0.29, 0.717) is 23.6 Å². The molecular formula is C14H17BrN2O2. The van der Waals surface area contributed by atoms with Crippen LogP contribution in [0, 0.1) is 17.2 Å². The number of anilines is 1. The van der Waals surface area contributed by atoms with Gasteiger partial charge in [0.15, 0.2) is 0 Å². The molecule has 0 fully saturated rings. The molecule has 1 aromatic carbocycles. The Kier molecular flexibility index (Phi) is 5.84. The number of methoxy groups -OCH3 is 1. The molecule has 1 unspecified atom stereocenters. The van der Waals surface area contributed by atoms with Crippen LogP contribution in [0.25, 0.3) is 0 Å². The van der Waals surface area contributed by atoms with Crippen molar-refractivity contribution in [2.75, 3.05) is 12.4 Å². The average Bonchev–Trinajstić information content (AvgIpc) is 2.38. The van der Waals surface area contributed by atoms with Crippen LogP contribution in [-0.2, 0) is 9.53 Å². The number of hydrogen-bond donors (Lipinski definition) is 1. The zero-order valence-electron chi connectivity index (χ0n) is 11.2. The van der Waals surface area contributed by atoms with Crippen LogP contribution in [-0.4, -0.2) is 19.1 Å². The van der Waals surface area contributed by atoms with Gasteiger partial charge in [0, 0.05) is 4.47 Å². The quantitative estimate of drug-likeness (QED) is 0.844. The van der Waals surface area contributed by atoms with Gasteiger partial charge in [-0.15, -0.1) is 0 Å². The normalized spacial score (nSPS) is 11.8. The van der Waals surface area contributed by atoms with Gasteiger partial charge in [0.1, 0.15) is 12.1 Å². The van der Waals surface area contributed by atoms with Crippen LogP contribution in [0.5, 0.6) is 0 Å². The minimum atomic E-state index is -0.446. The molecule has 0 amide bonds. The molecule has 19 heavy (non-hydrogen) atoms. The predicted octanol–water partition coefficient (Wildman–Crippen LogP) is 3.32. The molecule has 5 heteroatoms. The summed E-state index contributed by atoms with van der Waals surface area (Å²) in [6, 6.07) is 6.98. The number of hydrogen-bond acceptors (Lipinski definition) is 4. The highest BCUT2D eigenvalue weighted by Crippen LogP contribution is 2.22. The monoisotopic (exact) mass is 324 g/mol. The molecule has 0 radical (unpaired) electrons. The molecule has 1 N–H and O–H groups in total. The van der Waals surface area contributed by atoms with E-state index in [1.807, 2.05) is 19.9 Å². The van der Waals surface area contributed by atoms with Crippen molar-refractivity contribution >= 4 is 27.6 Å². The molecule has 0 aliphatic rings. The van der Waals surface area contributed by atoms with E-state index >= 15 is 0 Å². The zero-order chi connectivity index (χ0) is 14.4. The lowest BCUT2D eigenvalue weighted by Crippen LogP contribution is -2.32. The first-order valence-electron chi connectivity index (χ1n) is 6.02. The minimum Gasteiger partial charge on any atom is -0.467 e. The maximum absolute atomic E-state index is 11.7. The topological polar surface area (TPSA) is 62.1 Å². The largest absolute Gasteiger partial charge is 0.467 e. The number of esters is 1. The summed E-state index contributed by atoms with van der Waals surface area (Å²) in [7, 11) is 1.37. The lowest BCUT2D eigenvalue weighted by Gasteiger charge is -2.20. The van der Waals surface area contributed by atoms with E-state index in [4.69, 9.17) is 10.00 Å². The second kappa shape index (κ2) is 7.15. The van der Waals surface area contributed by atoms with E-state index in [1.165, 1.54) is 7.11 Å². The summed E-state index contributed by atoms with van der Waals surface area (Å²) in [6.45, 7) is 4.06. The first-order chi connectivity index (χ1) is 8.97. The van der Waals surface area contributed by atoms with Gasteiger partial charge in [-0.25, -0.2) is 4.79 Å². The number of benzene rings is 1. The molecule has 4 nitrogen and oxygen atoms in total. The van der Waals surface area contributed by atoms with Crippen LogP contribution in [0.2, 0.25) is 0 Å². The summed E-state index contributed by atoms with van der Waals surface area (Å²) in [4.78, 5) is 11.7. The molecule has 0 aliphatic heterocycles. The standard InChI is InChI=1S/C14H17BrN2O2/c1-9(2)6-13(14(18)19-3)17-12-5-4-11(15)7-10(12)8-16/h4-5,7,9,13,17H,6H2,1-3H3. The number of nitrogens with zero attached hydrogens (tertiary/aromatic N) is 1. The fourth-order valence-corrected chi connectivity index (χ4v) is 2.11. The Labute approximate surface area is 121 Å². The summed E-state index contributed by atoms with van der Waals surface area (Å²) in [6.07, 6.45) is 0.646. The van der Waals surface area contributed by atoms with Crippen LogP contribution < -0.4 is 5.32 Å². The van der Waals surface area contributed by atoms with Crippen molar-refractivity contribution in [3.8, 4) is 6.07 Å². The van der Waals surface area contributed by atoms with E-state index in [9.17, 15) is 4.79 Å². The predicted molar refractivity (Wildman–Crippen MR) is 77.7 cm³/mol. The highest BCUT2D eigenvalue weighted by Gasteiger charge is 2.21. The number of ether oxygens (including phenoxy) is 1. The molecule has 0 aromatic heterocycles. The average molecular weight is 325 g/mol. The molecule has 0 spiro atoms. The van der Waals surface area contributed by atoms with Crippen molar-refractivity contribution in [1.29, 1.82) is 5.26 Å². The Morgan fingerprint density at radius 2 is 2.21 bits per heavy atom. The maximum Gasteiger partial charge on any atom is 0.328 e. The van der Waals surface area contributed by atoms with Gasteiger partial charge in [-0.3, -0.25) is 0 Å². The Morgan fingerprint density at radius 1 is 1.53 bits per heavy atom. The first kappa shape index (κ1) is 15.5. The third-order valence-corrected chi connectivity index (χ3v) is 3.12. The third kappa shape index (κ3) is 4.56. The summed E-state index contributed by atoms with van der Waals surface area (Å²) >= 11 is 3.32. The SMILES string of the molecule is COC(=O)C(CC(C)C)Nc1ccc(Br)cc1C#N. The van der Waals surface area contributed by atoms with Crippen molar-refractivity contribution in [3.05, 3.63) is 28.2 Å². The highest BCUT2D eigenvalue weighted by molar-refractivity contribution is 9.10. The van der Waals surface area contributed by atoms with Crippen molar-refractivity contribution in [1.82, 2.24) is 0 Å².